The standard InChI is InChI=1S/C44H44Cl2N6O6/c1-24(2)55-37-16-13-30(21-33(37)45)42-48-40(50-57-42)28-10-11-32-23-52(18-6-8-26(32)19-28)39(44(53)54)36-9-5-7-27-20-29(12-15-35(27)47-36)41-49-43(58-51-41)31-14-17-38(34(46)22-31)56-25(3)4/h10-17,19-22,24-25,36,39,47H,5-9,18,23H2,1-4H3,(H,53,54). The maximum Gasteiger partial charge on any atom is 0.323 e. The van der Waals surface area contributed by atoms with Crippen molar-refractivity contribution < 1.29 is 28.4 Å². The van der Waals surface area contributed by atoms with Crippen molar-refractivity contribution in [3.05, 3.63) is 99.5 Å². The highest BCUT2D eigenvalue weighted by Gasteiger charge is 2.36. The van der Waals surface area contributed by atoms with Gasteiger partial charge in [0.15, 0.2) is 0 Å². The summed E-state index contributed by atoms with van der Waals surface area (Å²) < 4.78 is 22.8. The van der Waals surface area contributed by atoms with E-state index >= 15 is 0 Å². The third kappa shape index (κ3) is 8.55. The number of hydrogen-bond acceptors (Lipinski definition) is 11. The van der Waals surface area contributed by atoms with Crippen molar-refractivity contribution in [3.63, 3.8) is 0 Å². The number of aryl methyl sites for hydroxylation is 2. The topological polar surface area (TPSA) is 149 Å². The number of carbonyl (C=O) groups is 1. The SMILES string of the molecule is CC(C)Oc1ccc(-c2nc(-c3ccc4c(c3)CCCN(C(C(=O)O)C3CCCc5cc(-c6noc(-c7ccc(OC(C)C)c(Cl)c7)n6)ccc5N3)C4)no2)cc1Cl. The first-order chi connectivity index (χ1) is 28.0. The normalized spacial score (nSPS) is 16.2. The third-order valence-electron chi connectivity index (χ3n) is 10.4. The first kappa shape index (κ1) is 39.4. The minimum Gasteiger partial charge on any atom is -0.489 e. The van der Waals surface area contributed by atoms with Gasteiger partial charge in [-0.2, -0.15) is 9.97 Å². The van der Waals surface area contributed by atoms with Crippen molar-refractivity contribution in [2.75, 3.05) is 11.9 Å². The summed E-state index contributed by atoms with van der Waals surface area (Å²) in [6.45, 7) is 8.93. The molecule has 2 aromatic heterocycles. The number of carboxylic acids is 1. The molecule has 0 saturated carbocycles. The van der Waals surface area contributed by atoms with Crippen LogP contribution in [-0.4, -0.2) is 67.1 Å². The molecule has 0 fully saturated rings. The minimum atomic E-state index is -0.843. The molecule has 2 N–H and O–H groups in total. The molecule has 0 bridgehead atoms. The number of benzene rings is 4. The summed E-state index contributed by atoms with van der Waals surface area (Å²) >= 11 is 12.9. The number of halogens is 2. The van der Waals surface area contributed by atoms with E-state index in [9.17, 15) is 9.90 Å². The molecule has 12 nitrogen and oxygen atoms in total. The zero-order chi connectivity index (χ0) is 40.5. The van der Waals surface area contributed by atoms with Gasteiger partial charge in [-0.05, 0) is 144 Å². The molecular formula is C44H44Cl2N6O6. The fraction of sp³-hybridized carbons (Fsp3) is 0.341. The first-order valence-corrected chi connectivity index (χ1v) is 20.3. The lowest BCUT2D eigenvalue weighted by atomic mass is 9.99. The Morgan fingerprint density at radius 1 is 0.741 bits per heavy atom. The largest absolute Gasteiger partial charge is 0.489 e. The van der Waals surface area contributed by atoms with E-state index in [0.717, 1.165) is 59.2 Å². The maximum absolute atomic E-state index is 13.1. The molecule has 6 aromatic rings. The highest BCUT2D eigenvalue weighted by molar-refractivity contribution is 6.32. The van der Waals surface area contributed by atoms with E-state index < -0.39 is 12.0 Å². The molecule has 0 spiro atoms. The predicted molar refractivity (Wildman–Crippen MR) is 222 cm³/mol. The Balaban J connectivity index is 0.960. The number of aliphatic carboxylic acids is 1. The fourth-order valence-electron chi connectivity index (χ4n) is 7.73. The number of nitrogens with one attached hydrogen (secondary N) is 1. The minimum absolute atomic E-state index is 0.00256. The number of carboxylic acid groups (broad SMARTS) is 1. The highest BCUT2D eigenvalue weighted by Crippen LogP contribution is 2.36. The van der Waals surface area contributed by atoms with Crippen molar-refractivity contribution >= 4 is 34.9 Å². The number of hydrogen-bond donors (Lipinski definition) is 2. The second-order valence-electron chi connectivity index (χ2n) is 15.3. The van der Waals surface area contributed by atoms with Crippen LogP contribution < -0.4 is 14.8 Å². The average Bonchev–Trinajstić information content (AvgIpc) is 3.78. The second-order valence-corrected chi connectivity index (χ2v) is 16.1. The summed E-state index contributed by atoms with van der Waals surface area (Å²) in [7, 11) is 0. The predicted octanol–water partition coefficient (Wildman–Crippen LogP) is 10.0. The van der Waals surface area contributed by atoms with Gasteiger partial charge in [0.1, 0.15) is 17.5 Å². The number of fused-ring (bicyclic) bond motifs is 2. The van der Waals surface area contributed by atoms with Gasteiger partial charge in [-0.25, -0.2) is 0 Å². The third-order valence-corrected chi connectivity index (χ3v) is 10.9. The van der Waals surface area contributed by atoms with Crippen LogP contribution in [0.2, 0.25) is 10.0 Å². The number of rotatable bonds is 11. The molecule has 0 aliphatic carbocycles. The van der Waals surface area contributed by atoms with E-state index in [2.05, 4.69) is 48.7 Å². The molecule has 58 heavy (non-hydrogen) atoms. The van der Waals surface area contributed by atoms with Crippen LogP contribution in [0.25, 0.3) is 45.7 Å². The van der Waals surface area contributed by atoms with Crippen molar-refractivity contribution in [1.82, 2.24) is 25.2 Å². The molecule has 2 aliphatic rings. The van der Waals surface area contributed by atoms with Gasteiger partial charge in [-0.1, -0.05) is 45.6 Å². The molecule has 2 unspecified atom stereocenters. The Labute approximate surface area is 346 Å². The van der Waals surface area contributed by atoms with Crippen LogP contribution in [0.1, 0.15) is 63.6 Å². The number of anilines is 1. The van der Waals surface area contributed by atoms with Gasteiger partial charge >= 0.3 is 5.97 Å². The highest BCUT2D eigenvalue weighted by atomic mass is 35.5. The van der Waals surface area contributed by atoms with E-state index in [1.165, 1.54) is 0 Å². The van der Waals surface area contributed by atoms with Crippen LogP contribution in [0.3, 0.4) is 0 Å². The number of ether oxygens (including phenoxy) is 2. The maximum atomic E-state index is 13.1. The average molecular weight is 824 g/mol. The van der Waals surface area contributed by atoms with E-state index in [1.807, 2.05) is 58.0 Å². The van der Waals surface area contributed by atoms with Crippen molar-refractivity contribution in [2.45, 2.75) is 90.6 Å². The van der Waals surface area contributed by atoms with Gasteiger partial charge < -0.3 is 28.9 Å². The zero-order valence-electron chi connectivity index (χ0n) is 32.7. The smallest absolute Gasteiger partial charge is 0.323 e. The lowest BCUT2D eigenvalue weighted by molar-refractivity contribution is -0.144. The molecule has 2 atom stereocenters. The first-order valence-electron chi connectivity index (χ1n) is 19.6. The molecule has 4 heterocycles. The molecule has 0 radical (unpaired) electrons. The quantitative estimate of drug-likeness (QED) is 0.128. The number of nitrogens with zero attached hydrogens (tertiary/aromatic N) is 5. The fourth-order valence-corrected chi connectivity index (χ4v) is 8.18. The Morgan fingerprint density at radius 3 is 1.86 bits per heavy atom. The zero-order valence-corrected chi connectivity index (χ0v) is 34.2. The lowest BCUT2D eigenvalue weighted by Crippen LogP contribution is -2.51. The van der Waals surface area contributed by atoms with Gasteiger partial charge in [0.25, 0.3) is 11.8 Å². The van der Waals surface area contributed by atoms with Gasteiger partial charge in [0.05, 0.1) is 28.3 Å². The second kappa shape index (κ2) is 16.8. The summed E-state index contributed by atoms with van der Waals surface area (Å²) in [6, 6.07) is 21.9. The summed E-state index contributed by atoms with van der Waals surface area (Å²) in [6.07, 6.45) is 3.91. The molecule has 0 amide bonds. The Morgan fingerprint density at radius 2 is 1.29 bits per heavy atom. The Bertz CT molecular complexity index is 2290. The van der Waals surface area contributed by atoms with E-state index in [-0.39, 0.29) is 18.2 Å². The summed E-state index contributed by atoms with van der Waals surface area (Å²) in [5.41, 5.74) is 7.25. The summed E-state index contributed by atoms with van der Waals surface area (Å²) in [4.78, 5) is 24.5. The Kier molecular flexibility index (Phi) is 11.4. The number of aromatic nitrogens is 4. The van der Waals surface area contributed by atoms with Gasteiger partial charge in [-0.15, -0.1) is 0 Å². The summed E-state index contributed by atoms with van der Waals surface area (Å²) in [5, 5.41) is 23.8. The molecule has 0 saturated heterocycles. The van der Waals surface area contributed by atoms with Crippen molar-refractivity contribution in [2.24, 2.45) is 0 Å². The molecule has 2 aliphatic heterocycles. The van der Waals surface area contributed by atoms with Crippen molar-refractivity contribution in [1.29, 1.82) is 0 Å². The van der Waals surface area contributed by atoms with E-state index in [0.29, 0.717) is 75.6 Å². The van der Waals surface area contributed by atoms with Crippen LogP contribution in [0.15, 0.2) is 81.8 Å². The molecule has 300 valence electrons. The molecule has 4 aromatic carbocycles. The molecular weight excluding hydrogens is 779 g/mol. The Hall–Kier alpha value is -5.43. The van der Waals surface area contributed by atoms with Crippen LogP contribution in [-0.2, 0) is 24.2 Å². The van der Waals surface area contributed by atoms with E-state index in [4.69, 9.17) is 41.7 Å². The summed E-state index contributed by atoms with van der Waals surface area (Å²) in [5.74, 6) is 1.98. The van der Waals surface area contributed by atoms with Gasteiger partial charge in [0, 0.05) is 34.5 Å². The molecule has 8 rings (SSSR count). The molecule has 14 heteroatoms. The van der Waals surface area contributed by atoms with Crippen LogP contribution in [0, 0.1) is 0 Å². The van der Waals surface area contributed by atoms with Crippen LogP contribution >= 0.6 is 23.2 Å². The lowest BCUT2D eigenvalue weighted by Gasteiger charge is -2.34. The van der Waals surface area contributed by atoms with Gasteiger partial charge in [-0.3, -0.25) is 9.69 Å². The van der Waals surface area contributed by atoms with Crippen molar-refractivity contribution in [3.8, 4) is 57.2 Å². The van der Waals surface area contributed by atoms with E-state index in [1.54, 1.807) is 24.3 Å². The van der Waals surface area contributed by atoms with Crippen LogP contribution in [0.5, 0.6) is 11.5 Å². The monoisotopic (exact) mass is 822 g/mol. The van der Waals surface area contributed by atoms with Gasteiger partial charge in [0.2, 0.25) is 11.6 Å². The van der Waals surface area contributed by atoms with Crippen LogP contribution in [0.4, 0.5) is 5.69 Å².